The van der Waals surface area contributed by atoms with E-state index in [4.69, 9.17) is 5.73 Å². The summed E-state index contributed by atoms with van der Waals surface area (Å²) in [5, 5.41) is 3.00. The van der Waals surface area contributed by atoms with Crippen molar-refractivity contribution >= 4 is 5.91 Å². The number of rotatable bonds is 5. The molecule has 17 heavy (non-hydrogen) atoms. The fourth-order valence-corrected chi connectivity index (χ4v) is 1.57. The van der Waals surface area contributed by atoms with E-state index in [0.717, 1.165) is 11.1 Å². The van der Waals surface area contributed by atoms with Gasteiger partial charge in [-0.25, -0.2) is 0 Å². The number of nitrogens with two attached hydrogens (primary N) is 1. The van der Waals surface area contributed by atoms with Crippen LogP contribution in [0.25, 0.3) is 0 Å². The molecule has 0 aromatic heterocycles. The molecule has 0 fully saturated rings. The molecule has 0 saturated heterocycles. The maximum atomic E-state index is 11.8. The summed E-state index contributed by atoms with van der Waals surface area (Å²) in [6.07, 6.45) is 0.407. The molecule has 1 rings (SSSR count). The SMILES string of the molecule is CC(C)C(C)NC(=O)Cc1ccccc1CN. The van der Waals surface area contributed by atoms with Gasteiger partial charge in [-0.1, -0.05) is 38.1 Å². The van der Waals surface area contributed by atoms with Gasteiger partial charge in [0, 0.05) is 12.6 Å². The molecule has 1 amide bonds. The van der Waals surface area contributed by atoms with Gasteiger partial charge >= 0.3 is 0 Å². The lowest BCUT2D eigenvalue weighted by Gasteiger charge is -2.17. The van der Waals surface area contributed by atoms with Crippen molar-refractivity contribution in [2.75, 3.05) is 0 Å². The molecule has 0 saturated carbocycles. The van der Waals surface area contributed by atoms with E-state index in [1.807, 2.05) is 31.2 Å². The van der Waals surface area contributed by atoms with E-state index in [0.29, 0.717) is 18.9 Å². The lowest BCUT2D eigenvalue weighted by Crippen LogP contribution is -2.37. The summed E-state index contributed by atoms with van der Waals surface area (Å²) in [5.41, 5.74) is 7.70. The second kappa shape index (κ2) is 6.40. The van der Waals surface area contributed by atoms with Crippen LogP contribution in [-0.4, -0.2) is 11.9 Å². The zero-order valence-electron chi connectivity index (χ0n) is 10.9. The summed E-state index contributed by atoms with van der Waals surface area (Å²) in [6, 6.07) is 8.01. The molecule has 0 aliphatic rings. The third-order valence-corrected chi connectivity index (χ3v) is 3.08. The Morgan fingerprint density at radius 3 is 2.35 bits per heavy atom. The summed E-state index contributed by atoms with van der Waals surface area (Å²) < 4.78 is 0. The van der Waals surface area contributed by atoms with E-state index in [1.165, 1.54) is 0 Å². The predicted octanol–water partition coefficient (Wildman–Crippen LogP) is 1.85. The molecule has 1 unspecified atom stereocenters. The van der Waals surface area contributed by atoms with Crippen molar-refractivity contribution in [2.45, 2.75) is 39.8 Å². The Labute approximate surface area is 103 Å². The molecule has 0 aliphatic carbocycles. The Balaban J connectivity index is 2.62. The minimum absolute atomic E-state index is 0.0621. The smallest absolute Gasteiger partial charge is 0.224 e. The zero-order valence-corrected chi connectivity index (χ0v) is 10.9. The first-order chi connectivity index (χ1) is 8.04. The highest BCUT2D eigenvalue weighted by molar-refractivity contribution is 5.79. The van der Waals surface area contributed by atoms with E-state index >= 15 is 0 Å². The maximum Gasteiger partial charge on any atom is 0.224 e. The molecular weight excluding hydrogens is 212 g/mol. The first-order valence-corrected chi connectivity index (χ1v) is 6.10. The van der Waals surface area contributed by atoms with E-state index < -0.39 is 0 Å². The van der Waals surface area contributed by atoms with Crippen LogP contribution in [0, 0.1) is 5.92 Å². The van der Waals surface area contributed by atoms with Crippen LogP contribution in [0.1, 0.15) is 31.9 Å². The van der Waals surface area contributed by atoms with Crippen molar-refractivity contribution in [3.8, 4) is 0 Å². The van der Waals surface area contributed by atoms with Crippen molar-refractivity contribution in [3.05, 3.63) is 35.4 Å². The molecule has 3 heteroatoms. The van der Waals surface area contributed by atoms with E-state index in [9.17, 15) is 4.79 Å². The van der Waals surface area contributed by atoms with Crippen LogP contribution in [0.4, 0.5) is 0 Å². The third-order valence-electron chi connectivity index (χ3n) is 3.08. The number of benzene rings is 1. The van der Waals surface area contributed by atoms with Gasteiger partial charge in [-0.15, -0.1) is 0 Å². The van der Waals surface area contributed by atoms with Gasteiger partial charge in [0.05, 0.1) is 6.42 Å². The quantitative estimate of drug-likeness (QED) is 0.817. The Morgan fingerprint density at radius 1 is 1.24 bits per heavy atom. The standard InChI is InChI=1S/C14H22N2O/c1-10(2)11(3)16-14(17)8-12-6-4-5-7-13(12)9-15/h4-7,10-11H,8-9,15H2,1-3H3,(H,16,17). The van der Waals surface area contributed by atoms with Gasteiger partial charge in [-0.2, -0.15) is 0 Å². The number of hydrogen-bond acceptors (Lipinski definition) is 2. The minimum atomic E-state index is 0.0621. The van der Waals surface area contributed by atoms with Crippen LogP contribution in [0.5, 0.6) is 0 Å². The van der Waals surface area contributed by atoms with Gasteiger partial charge in [0.25, 0.3) is 0 Å². The van der Waals surface area contributed by atoms with E-state index in [2.05, 4.69) is 19.2 Å². The molecular formula is C14H22N2O. The predicted molar refractivity (Wildman–Crippen MR) is 70.5 cm³/mol. The molecule has 94 valence electrons. The van der Waals surface area contributed by atoms with E-state index in [1.54, 1.807) is 0 Å². The zero-order chi connectivity index (χ0) is 12.8. The van der Waals surface area contributed by atoms with Crippen LogP contribution >= 0.6 is 0 Å². The first kappa shape index (κ1) is 13.7. The second-order valence-corrected chi connectivity index (χ2v) is 4.75. The molecule has 0 heterocycles. The summed E-state index contributed by atoms with van der Waals surface area (Å²) in [4.78, 5) is 11.8. The number of carbonyl (C=O) groups is 1. The van der Waals surface area contributed by atoms with Gasteiger partial charge in [0.2, 0.25) is 5.91 Å². The molecule has 3 nitrogen and oxygen atoms in total. The monoisotopic (exact) mass is 234 g/mol. The highest BCUT2D eigenvalue weighted by atomic mass is 16.1. The highest BCUT2D eigenvalue weighted by Gasteiger charge is 2.12. The first-order valence-electron chi connectivity index (χ1n) is 6.10. The minimum Gasteiger partial charge on any atom is -0.353 e. The normalized spacial score (nSPS) is 12.5. The van der Waals surface area contributed by atoms with Crippen LogP contribution in [0.15, 0.2) is 24.3 Å². The van der Waals surface area contributed by atoms with Crippen molar-refractivity contribution < 1.29 is 4.79 Å². The molecule has 0 spiro atoms. The summed E-state index contributed by atoms with van der Waals surface area (Å²) in [5.74, 6) is 0.510. The van der Waals surface area contributed by atoms with Gasteiger partial charge in [-0.3, -0.25) is 4.79 Å². The number of amides is 1. The largest absolute Gasteiger partial charge is 0.353 e. The van der Waals surface area contributed by atoms with E-state index in [-0.39, 0.29) is 11.9 Å². The average Bonchev–Trinajstić information content (AvgIpc) is 2.29. The fourth-order valence-electron chi connectivity index (χ4n) is 1.57. The summed E-state index contributed by atoms with van der Waals surface area (Å²) in [6.45, 7) is 6.69. The Bertz CT molecular complexity index is 374. The lowest BCUT2D eigenvalue weighted by molar-refractivity contribution is -0.121. The highest BCUT2D eigenvalue weighted by Crippen LogP contribution is 2.09. The fraction of sp³-hybridized carbons (Fsp3) is 0.500. The van der Waals surface area contributed by atoms with Crippen LogP contribution in [0.3, 0.4) is 0 Å². The molecule has 0 radical (unpaired) electrons. The molecule has 1 aromatic rings. The Kier molecular flexibility index (Phi) is 5.16. The third kappa shape index (κ3) is 4.19. The summed E-state index contributed by atoms with van der Waals surface area (Å²) >= 11 is 0. The van der Waals surface area contributed by atoms with Crippen molar-refractivity contribution in [1.29, 1.82) is 0 Å². The molecule has 0 bridgehead atoms. The van der Waals surface area contributed by atoms with Gasteiger partial charge in [0.1, 0.15) is 0 Å². The van der Waals surface area contributed by atoms with Gasteiger partial charge in [0.15, 0.2) is 0 Å². The second-order valence-electron chi connectivity index (χ2n) is 4.75. The molecule has 1 aromatic carbocycles. The maximum absolute atomic E-state index is 11.8. The average molecular weight is 234 g/mol. The van der Waals surface area contributed by atoms with Gasteiger partial charge < -0.3 is 11.1 Å². The lowest BCUT2D eigenvalue weighted by atomic mass is 10.0. The number of carbonyl (C=O) groups excluding carboxylic acids is 1. The van der Waals surface area contributed by atoms with Crippen LogP contribution in [0.2, 0.25) is 0 Å². The number of nitrogens with one attached hydrogen (secondary N) is 1. The summed E-state index contributed by atoms with van der Waals surface area (Å²) in [7, 11) is 0. The van der Waals surface area contributed by atoms with Crippen LogP contribution < -0.4 is 11.1 Å². The van der Waals surface area contributed by atoms with Crippen molar-refractivity contribution in [3.63, 3.8) is 0 Å². The van der Waals surface area contributed by atoms with Gasteiger partial charge in [-0.05, 0) is 24.0 Å². The molecule has 1 atom stereocenters. The number of hydrogen-bond donors (Lipinski definition) is 2. The molecule has 0 aliphatic heterocycles. The van der Waals surface area contributed by atoms with Crippen molar-refractivity contribution in [2.24, 2.45) is 11.7 Å². The van der Waals surface area contributed by atoms with Crippen LogP contribution in [-0.2, 0) is 17.8 Å². The van der Waals surface area contributed by atoms with Crippen molar-refractivity contribution in [1.82, 2.24) is 5.32 Å². The topological polar surface area (TPSA) is 55.1 Å². The Morgan fingerprint density at radius 2 is 1.82 bits per heavy atom. The Hall–Kier alpha value is -1.35. The molecule has 3 N–H and O–H groups in total.